The van der Waals surface area contributed by atoms with E-state index in [0.29, 0.717) is 11.2 Å². The van der Waals surface area contributed by atoms with Crippen molar-refractivity contribution in [1.82, 2.24) is 4.90 Å². The lowest BCUT2D eigenvalue weighted by molar-refractivity contribution is -0.129. The van der Waals surface area contributed by atoms with Crippen LogP contribution in [0.4, 0.5) is 0 Å². The molecule has 1 amide bonds. The van der Waals surface area contributed by atoms with Crippen molar-refractivity contribution in [2.75, 3.05) is 13.6 Å². The molecule has 1 unspecified atom stereocenters. The van der Waals surface area contributed by atoms with E-state index in [9.17, 15) is 4.79 Å². The molecule has 0 saturated heterocycles. The molecule has 16 heavy (non-hydrogen) atoms. The van der Waals surface area contributed by atoms with Gasteiger partial charge in [0, 0.05) is 29.7 Å². The average Bonchev–Trinajstić information content (AvgIpc) is 2.69. The average molecular weight is 304 g/mol. The van der Waals surface area contributed by atoms with Gasteiger partial charge in [0.2, 0.25) is 5.91 Å². The first-order chi connectivity index (χ1) is 7.59. The number of carbonyl (C=O) groups is 1. The van der Waals surface area contributed by atoms with Gasteiger partial charge in [-0.2, -0.15) is 0 Å². The van der Waals surface area contributed by atoms with E-state index in [4.69, 9.17) is 0 Å². The Kier molecular flexibility index (Phi) is 6.06. The highest BCUT2D eigenvalue weighted by Gasteiger charge is 2.10. The minimum absolute atomic E-state index is 0.239. The molecule has 2 nitrogen and oxygen atoms in total. The maximum absolute atomic E-state index is 11.7. The van der Waals surface area contributed by atoms with Crippen molar-refractivity contribution < 1.29 is 4.79 Å². The van der Waals surface area contributed by atoms with Crippen molar-refractivity contribution in [2.45, 2.75) is 31.0 Å². The van der Waals surface area contributed by atoms with Gasteiger partial charge in [0.1, 0.15) is 0 Å². The molecule has 0 aliphatic rings. The predicted octanol–water partition coefficient (Wildman–Crippen LogP) is 3.31. The number of thiophene rings is 1. The summed E-state index contributed by atoms with van der Waals surface area (Å²) in [5.74, 6) is 0.239. The van der Waals surface area contributed by atoms with Crippen LogP contribution in [0.15, 0.2) is 17.5 Å². The standard InChI is InChI=1S/C12H18BrNOS/c1-10(13)9-14(2)12(15)7-3-5-11-6-4-8-16-11/h4,6,8,10H,3,5,7,9H2,1-2H3. The van der Waals surface area contributed by atoms with E-state index in [1.54, 1.807) is 16.2 Å². The highest BCUT2D eigenvalue weighted by molar-refractivity contribution is 9.09. The van der Waals surface area contributed by atoms with Crippen molar-refractivity contribution in [3.8, 4) is 0 Å². The van der Waals surface area contributed by atoms with Gasteiger partial charge in [0.15, 0.2) is 0 Å². The predicted molar refractivity (Wildman–Crippen MR) is 73.3 cm³/mol. The van der Waals surface area contributed by atoms with Crippen molar-refractivity contribution >= 4 is 33.2 Å². The monoisotopic (exact) mass is 303 g/mol. The van der Waals surface area contributed by atoms with Crippen LogP contribution in [0.2, 0.25) is 0 Å². The van der Waals surface area contributed by atoms with E-state index in [0.717, 1.165) is 19.4 Å². The van der Waals surface area contributed by atoms with Gasteiger partial charge in [-0.15, -0.1) is 11.3 Å². The van der Waals surface area contributed by atoms with Crippen molar-refractivity contribution in [1.29, 1.82) is 0 Å². The zero-order valence-electron chi connectivity index (χ0n) is 9.78. The lowest BCUT2D eigenvalue weighted by Crippen LogP contribution is -2.31. The molecule has 4 heteroatoms. The molecular weight excluding hydrogens is 286 g/mol. The molecule has 0 saturated carbocycles. The molecule has 0 aliphatic heterocycles. The van der Waals surface area contributed by atoms with Gasteiger partial charge in [-0.05, 0) is 24.3 Å². The molecule has 1 atom stereocenters. The van der Waals surface area contributed by atoms with Crippen LogP contribution in [0.25, 0.3) is 0 Å². The third-order valence-corrected chi connectivity index (χ3v) is 3.57. The fourth-order valence-electron chi connectivity index (χ4n) is 1.54. The Morgan fingerprint density at radius 2 is 2.38 bits per heavy atom. The summed E-state index contributed by atoms with van der Waals surface area (Å²) in [4.78, 5) is 15.2. The van der Waals surface area contributed by atoms with Crippen LogP contribution in [0.5, 0.6) is 0 Å². The Morgan fingerprint density at radius 3 is 2.94 bits per heavy atom. The molecule has 0 fully saturated rings. The van der Waals surface area contributed by atoms with Gasteiger partial charge < -0.3 is 4.90 Å². The summed E-state index contributed by atoms with van der Waals surface area (Å²) in [7, 11) is 1.87. The smallest absolute Gasteiger partial charge is 0.222 e. The third-order valence-electron chi connectivity index (χ3n) is 2.35. The van der Waals surface area contributed by atoms with E-state index in [1.165, 1.54) is 4.88 Å². The number of halogens is 1. The molecule has 0 bridgehead atoms. The lowest BCUT2D eigenvalue weighted by atomic mass is 10.2. The topological polar surface area (TPSA) is 20.3 Å². The number of amides is 1. The van der Waals surface area contributed by atoms with E-state index < -0.39 is 0 Å². The van der Waals surface area contributed by atoms with Crippen molar-refractivity contribution in [3.63, 3.8) is 0 Å². The van der Waals surface area contributed by atoms with Gasteiger partial charge in [-0.25, -0.2) is 0 Å². The maximum Gasteiger partial charge on any atom is 0.222 e. The molecule has 1 aromatic heterocycles. The fourth-order valence-corrected chi connectivity index (χ4v) is 2.72. The first kappa shape index (κ1) is 13.7. The number of carbonyl (C=O) groups excluding carboxylic acids is 1. The van der Waals surface area contributed by atoms with E-state index in [1.807, 2.05) is 7.05 Å². The molecule has 90 valence electrons. The molecule has 1 aromatic rings. The summed E-state index contributed by atoms with van der Waals surface area (Å²) in [6.45, 7) is 2.83. The van der Waals surface area contributed by atoms with Crippen LogP contribution < -0.4 is 0 Å². The van der Waals surface area contributed by atoms with Gasteiger partial charge in [-0.3, -0.25) is 4.79 Å². The lowest BCUT2D eigenvalue weighted by Gasteiger charge is -2.18. The molecule has 0 N–H and O–H groups in total. The highest BCUT2D eigenvalue weighted by atomic mass is 79.9. The second kappa shape index (κ2) is 7.07. The molecule has 1 heterocycles. The summed E-state index contributed by atoms with van der Waals surface area (Å²) >= 11 is 5.21. The van der Waals surface area contributed by atoms with Gasteiger partial charge in [0.25, 0.3) is 0 Å². The zero-order chi connectivity index (χ0) is 12.0. The Bertz CT molecular complexity index is 311. The number of hydrogen-bond acceptors (Lipinski definition) is 2. The molecular formula is C12H18BrNOS. The normalized spacial score (nSPS) is 12.4. The van der Waals surface area contributed by atoms with Gasteiger partial charge in [-0.1, -0.05) is 28.9 Å². The summed E-state index contributed by atoms with van der Waals surface area (Å²) < 4.78 is 0. The van der Waals surface area contributed by atoms with Crippen molar-refractivity contribution in [2.24, 2.45) is 0 Å². The van der Waals surface area contributed by atoms with Crippen LogP contribution >= 0.6 is 27.3 Å². The molecule has 0 radical (unpaired) electrons. The fraction of sp³-hybridized carbons (Fsp3) is 0.583. The molecule has 0 aliphatic carbocycles. The molecule has 0 aromatic carbocycles. The van der Waals surface area contributed by atoms with Crippen LogP contribution in [-0.2, 0) is 11.2 Å². The largest absolute Gasteiger partial charge is 0.345 e. The summed E-state index contributed by atoms with van der Waals surface area (Å²) in [6, 6.07) is 4.18. The first-order valence-electron chi connectivity index (χ1n) is 5.50. The van der Waals surface area contributed by atoms with Gasteiger partial charge in [0.05, 0.1) is 0 Å². The summed E-state index contributed by atoms with van der Waals surface area (Å²) in [5.41, 5.74) is 0. The quantitative estimate of drug-likeness (QED) is 0.738. The van der Waals surface area contributed by atoms with Crippen LogP contribution in [0, 0.1) is 0 Å². The number of nitrogens with zero attached hydrogens (tertiary/aromatic N) is 1. The van der Waals surface area contributed by atoms with E-state index in [2.05, 4.69) is 40.4 Å². The highest BCUT2D eigenvalue weighted by Crippen LogP contribution is 2.12. The number of alkyl halides is 1. The minimum Gasteiger partial charge on any atom is -0.345 e. The molecule has 1 rings (SSSR count). The second-order valence-corrected chi connectivity index (χ2v) is 6.58. The summed E-state index contributed by atoms with van der Waals surface area (Å²) in [6.07, 6.45) is 2.61. The number of hydrogen-bond donors (Lipinski definition) is 0. The van der Waals surface area contributed by atoms with E-state index in [-0.39, 0.29) is 5.91 Å². The Morgan fingerprint density at radius 1 is 1.62 bits per heavy atom. The minimum atomic E-state index is 0.239. The number of rotatable bonds is 6. The van der Waals surface area contributed by atoms with Crippen molar-refractivity contribution in [3.05, 3.63) is 22.4 Å². The van der Waals surface area contributed by atoms with Crippen LogP contribution in [0.1, 0.15) is 24.6 Å². The SMILES string of the molecule is CC(Br)CN(C)C(=O)CCCc1cccs1. The Balaban J connectivity index is 2.19. The van der Waals surface area contributed by atoms with Gasteiger partial charge >= 0.3 is 0 Å². The van der Waals surface area contributed by atoms with Crippen LogP contribution in [0.3, 0.4) is 0 Å². The zero-order valence-corrected chi connectivity index (χ0v) is 12.2. The third kappa shape index (κ3) is 5.12. The molecule has 0 spiro atoms. The first-order valence-corrected chi connectivity index (χ1v) is 7.29. The maximum atomic E-state index is 11.7. The van der Waals surface area contributed by atoms with E-state index >= 15 is 0 Å². The Hall–Kier alpha value is -0.350. The second-order valence-electron chi connectivity index (χ2n) is 3.99. The summed E-state index contributed by atoms with van der Waals surface area (Å²) in [5, 5.41) is 2.08. The Labute approximate surface area is 110 Å². The van der Waals surface area contributed by atoms with Crippen LogP contribution in [-0.4, -0.2) is 29.2 Å². The number of aryl methyl sites for hydroxylation is 1.